The lowest BCUT2D eigenvalue weighted by molar-refractivity contribution is -0.669. The molecule has 1 saturated heterocycles. The van der Waals surface area contributed by atoms with Gasteiger partial charge in [-0.05, 0) is 19.3 Å². The van der Waals surface area contributed by atoms with Crippen molar-refractivity contribution in [1.29, 1.82) is 0 Å². The third-order valence-electron chi connectivity index (χ3n) is 1.92. The van der Waals surface area contributed by atoms with Crippen molar-refractivity contribution in [2.24, 2.45) is 0 Å². The van der Waals surface area contributed by atoms with E-state index in [0.29, 0.717) is 6.10 Å². The molecule has 2 N–H and O–H groups in total. The van der Waals surface area contributed by atoms with Gasteiger partial charge in [0.05, 0.1) is 6.54 Å². The van der Waals surface area contributed by atoms with Crippen LogP contribution in [0.25, 0.3) is 0 Å². The van der Waals surface area contributed by atoms with Crippen molar-refractivity contribution in [3.05, 3.63) is 0 Å². The van der Waals surface area contributed by atoms with Crippen LogP contribution in [0.1, 0.15) is 26.2 Å². The van der Waals surface area contributed by atoms with E-state index in [2.05, 4.69) is 12.2 Å². The Hall–Kier alpha value is -0.0800. The minimum atomic E-state index is 0.550. The van der Waals surface area contributed by atoms with Gasteiger partial charge in [0.2, 0.25) is 0 Å². The fraction of sp³-hybridized carbons (Fsp3) is 1.00. The summed E-state index contributed by atoms with van der Waals surface area (Å²) in [5, 5.41) is 2.35. The molecule has 1 atom stereocenters. The molecule has 10 heavy (non-hydrogen) atoms. The van der Waals surface area contributed by atoms with Crippen LogP contribution < -0.4 is 5.32 Å². The summed E-state index contributed by atoms with van der Waals surface area (Å²) in [5.41, 5.74) is 0. The summed E-state index contributed by atoms with van der Waals surface area (Å²) in [7, 11) is 0. The number of hydrogen-bond acceptors (Lipinski definition) is 1. The quantitative estimate of drug-likeness (QED) is 0.599. The maximum absolute atomic E-state index is 5.60. The molecule has 0 aromatic heterocycles. The lowest BCUT2D eigenvalue weighted by Crippen LogP contribution is -2.88. The topological polar surface area (TPSA) is 25.8 Å². The van der Waals surface area contributed by atoms with E-state index in [-0.39, 0.29) is 0 Å². The molecule has 0 spiro atoms. The van der Waals surface area contributed by atoms with Gasteiger partial charge in [0.25, 0.3) is 0 Å². The summed E-state index contributed by atoms with van der Waals surface area (Å²) in [6.45, 7) is 5.58. The van der Waals surface area contributed by atoms with Crippen molar-refractivity contribution < 1.29 is 10.1 Å². The zero-order valence-electron chi connectivity index (χ0n) is 6.81. The van der Waals surface area contributed by atoms with E-state index in [1.165, 1.54) is 25.9 Å². The number of nitrogens with two attached hydrogens (primary N) is 1. The van der Waals surface area contributed by atoms with Crippen LogP contribution in [0.2, 0.25) is 0 Å². The van der Waals surface area contributed by atoms with E-state index in [9.17, 15) is 0 Å². The van der Waals surface area contributed by atoms with Gasteiger partial charge in [-0.15, -0.1) is 0 Å². The fourth-order valence-electron chi connectivity index (χ4n) is 1.35. The van der Waals surface area contributed by atoms with Crippen molar-refractivity contribution in [2.45, 2.75) is 32.3 Å². The van der Waals surface area contributed by atoms with Crippen molar-refractivity contribution >= 4 is 0 Å². The summed E-state index contributed by atoms with van der Waals surface area (Å²) in [5.74, 6) is 0. The Labute approximate surface area is 63.0 Å². The fourth-order valence-corrected chi connectivity index (χ4v) is 1.35. The van der Waals surface area contributed by atoms with E-state index in [1.807, 2.05) is 0 Å². The zero-order valence-corrected chi connectivity index (χ0v) is 6.81. The second-order valence-electron chi connectivity index (χ2n) is 2.95. The molecule has 0 aromatic carbocycles. The minimum Gasteiger partial charge on any atom is -0.372 e. The van der Waals surface area contributed by atoms with Gasteiger partial charge >= 0.3 is 0 Å². The van der Waals surface area contributed by atoms with Gasteiger partial charge in [0, 0.05) is 6.61 Å². The molecule has 0 bridgehead atoms. The monoisotopic (exact) mass is 144 g/mol. The number of ether oxygens (including phenoxy) is 1. The predicted molar refractivity (Wildman–Crippen MR) is 40.9 cm³/mol. The van der Waals surface area contributed by atoms with Crippen molar-refractivity contribution in [3.8, 4) is 0 Å². The molecule has 0 saturated carbocycles. The first kappa shape index (κ1) is 8.02. The molecule has 1 rings (SSSR count). The van der Waals surface area contributed by atoms with E-state index >= 15 is 0 Å². The van der Waals surface area contributed by atoms with Gasteiger partial charge in [0.1, 0.15) is 12.6 Å². The molecule has 60 valence electrons. The smallest absolute Gasteiger partial charge is 0.106 e. The first-order chi connectivity index (χ1) is 4.93. The molecule has 0 aliphatic carbocycles. The molecule has 1 fully saturated rings. The molecule has 0 aromatic rings. The summed E-state index contributed by atoms with van der Waals surface area (Å²) in [4.78, 5) is 0. The highest BCUT2D eigenvalue weighted by Gasteiger charge is 2.14. The van der Waals surface area contributed by atoms with Crippen LogP contribution in [0.3, 0.4) is 0 Å². The number of quaternary nitrogens is 1. The number of rotatable bonds is 3. The lowest BCUT2D eigenvalue weighted by Gasteiger charge is -2.19. The highest BCUT2D eigenvalue weighted by atomic mass is 16.5. The third kappa shape index (κ3) is 2.67. The molecule has 1 aliphatic rings. The second kappa shape index (κ2) is 4.69. The maximum Gasteiger partial charge on any atom is 0.106 e. The molecule has 0 amide bonds. The van der Waals surface area contributed by atoms with E-state index < -0.39 is 0 Å². The predicted octanol–water partition coefficient (Wildman–Crippen LogP) is 0.139. The summed E-state index contributed by atoms with van der Waals surface area (Å²) in [6.07, 6.45) is 4.30. The Morgan fingerprint density at radius 2 is 2.50 bits per heavy atom. The SMILES string of the molecule is CCCO[C@H]1CCC[NH2+]C1. The van der Waals surface area contributed by atoms with Crippen LogP contribution in [0.4, 0.5) is 0 Å². The Balaban J connectivity index is 2.02. The molecule has 1 aliphatic heterocycles. The average Bonchev–Trinajstić information content (AvgIpc) is 2.03. The van der Waals surface area contributed by atoms with Crippen LogP contribution in [0.5, 0.6) is 0 Å². The van der Waals surface area contributed by atoms with Gasteiger partial charge in [-0.2, -0.15) is 0 Å². The summed E-state index contributed by atoms with van der Waals surface area (Å²) >= 11 is 0. The first-order valence-electron chi connectivity index (χ1n) is 4.36. The molecule has 2 heteroatoms. The normalized spacial score (nSPS) is 26.7. The Morgan fingerprint density at radius 1 is 1.60 bits per heavy atom. The second-order valence-corrected chi connectivity index (χ2v) is 2.95. The number of piperidine rings is 1. The minimum absolute atomic E-state index is 0.550. The van der Waals surface area contributed by atoms with Gasteiger partial charge in [-0.25, -0.2) is 0 Å². The average molecular weight is 144 g/mol. The van der Waals surface area contributed by atoms with Crippen LogP contribution in [0.15, 0.2) is 0 Å². The largest absolute Gasteiger partial charge is 0.372 e. The van der Waals surface area contributed by atoms with E-state index in [0.717, 1.165) is 13.0 Å². The zero-order chi connectivity index (χ0) is 7.23. The van der Waals surface area contributed by atoms with Gasteiger partial charge in [0.15, 0.2) is 0 Å². The molecule has 0 radical (unpaired) electrons. The first-order valence-corrected chi connectivity index (χ1v) is 4.36. The molecular formula is C8H18NO+. The third-order valence-corrected chi connectivity index (χ3v) is 1.92. The highest BCUT2D eigenvalue weighted by molar-refractivity contribution is 4.58. The van der Waals surface area contributed by atoms with E-state index in [4.69, 9.17) is 4.74 Å². The van der Waals surface area contributed by atoms with E-state index in [1.54, 1.807) is 0 Å². The van der Waals surface area contributed by atoms with Crippen molar-refractivity contribution in [2.75, 3.05) is 19.7 Å². The Kier molecular flexibility index (Phi) is 3.76. The molecule has 0 unspecified atom stereocenters. The van der Waals surface area contributed by atoms with Crippen LogP contribution in [0, 0.1) is 0 Å². The maximum atomic E-state index is 5.60. The van der Waals surface area contributed by atoms with Crippen LogP contribution in [-0.2, 0) is 4.74 Å². The molecule has 1 heterocycles. The molecular weight excluding hydrogens is 126 g/mol. The summed E-state index contributed by atoms with van der Waals surface area (Å²) < 4.78 is 5.60. The molecule has 2 nitrogen and oxygen atoms in total. The van der Waals surface area contributed by atoms with Crippen molar-refractivity contribution in [1.82, 2.24) is 0 Å². The van der Waals surface area contributed by atoms with Crippen LogP contribution >= 0.6 is 0 Å². The van der Waals surface area contributed by atoms with Gasteiger partial charge in [-0.1, -0.05) is 6.92 Å². The number of hydrogen-bond donors (Lipinski definition) is 1. The van der Waals surface area contributed by atoms with Crippen LogP contribution in [-0.4, -0.2) is 25.8 Å². The van der Waals surface area contributed by atoms with Gasteiger partial charge in [-0.3, -0.25) is 0 Å². The Morgan fingerprint density at radius 3 is 3.10 bits per heavy atom. The Bertz CT molecular complexity index is 79.3. The highest BCUT2D eigenvalue weighted by Crippen LogP contribution is 2.02. The van der Waals surface area contributed by atoms with Crippen molar-refractivity contribution in [3.63, 3.8) is 0 Å². The lowest BCUT2D eigenvalue weighted by atomic mass is 10.1. The summed E-state index contributed by atoms with van der Waals surface area (Å²) in [6, 6.07) is 0. The van der Waals surface area contributed by atoms with Gasteiger partial charge < -0.3 is 10.1 Å². The standard InChI is InChI=1S/C8H17NO/c1-2-6-10-8-4-3-5-9-7-8/h8-9H,2-7H2,1H3/p+1/t8-/m0/s1.